The maximum atomic E-state index is 12.8. The summed E-state index contributed by atoms with van der Waals surface area (Å²) in [6, 6.07) is 7.38. The lowest BCUT2D eigenvalue weighted by Gasteiger charge is -2.30. The maximum Gasteiger partial charge on any atom is 0.325 e. The van der Waals surface area contributed by atoms with Gasteiger partial charge in [-0.2, -0.15) is 0 Å². The fraction of sp³-hybridized carbons (Fsp3) is 0.591. The molecule has 4 amide bonds. The van der Waals surface area contributed by atoms with Crippen LogP contribution in [0, 0.1) is 0 Å². The maximum absolute atomic E-state index is 12.8. The van der Waals surface area contributed by atoms with Crippen molar-refractivity contribution >= 4 is 23.5 Å². The number of ether oxygens (including phenoxy) is 1. The molecular formula is C22H30N4O4. The first-order chi connectivity index (χ1) is 14.6. The minimum atomic E-state index is -0.740. The molecule has 1 aromatic carbocycles. The molecule has 0 atom stereocenters. The molecule has 3 aliphatic rings. The van der Waals surface area contributed by atoms with Gasteiger partial charge in [-0.05, 0) is 24.5 Å². The lowest BCUT2D eigenvalue weighted by atomic mass is 9.82. The zero-order valence-electron chi connectivity index (χ0n) is 17.3. The Labute approximate surface area is 176 Å². The number of rotatable bonds is 6. The number of carbonyl (C=O) groups is 3. The fourth-order valence-corrected chi connectivity index (χ4v) is 4.58. The van der Waals surface area contributed by atoms with Crippen molar-refractivity contribution in [2.45, 2.75) is 50.6 Å². The number of amides is 4. The van der Waals surface area contributed by atoms with Crippen LogP contribution in [-0.4, -0.2) is 66.0 Å². The van der Waals surface area contributed by atoms with E-state index in [0.717, 1.165) is 63.4 Å². The number of urea groups is 1. The summed E-state index contributed by atoms with van der Waals surface area (Å²) in [6.07, 6.45) is 4.45. The van der Waals surface area contributed by atoms with Crippen LogP contribution < -0.4 is 10.6 Å². The van der Waals surface area contributed by atoms with Crippen LogP contribution in [0.3, 0.4) is 0 Å². The molecule has 0 aromatic heterocycles. The molecule has 8 heteroatoms. The van der Waals surface area contributed by atoms with E-state index in [-0.39, 0.29) is 30.8 Å². The Morgan fingerprint density at radius 2 is 1.83 bits per heavy atom. The molecular weight excluding hydrogens is 384 g/mol. The summed E-state index contributed by atoms with van der Waals surface area (Å²) in [4.78, 5) is 41.3. The number of hydrogen-bond donors (Lipinski definition) is 2. The van der Waals surface area contributed by atoms with E-state index < -0.39 is 5.54 Å². The standard InChI is InChI=1S/C22H30N4O4/c27-19(8-11-26-20(28)22(24-21(26)29)9-4-1-5-10-22)23-18-7-3-2-6-17(18)16-25-12-14-30-15-13-25/h2-3,6-7H,1,4-5,8-16H2,(H,23,27)(H,24,29). The summed E-state index contributed by atoms with van der Waals surface area (Å²) < 4.78 is 5.40. The predicted molar refractivity (Wildman–Crippen MR) is 112 cm³/mol. The van der Waals surface area contributed by atoms with Gasteiger partial charge in [-0.15, -0.1) is 0 Å². The summed E-state index contributed by atoms with van der Waals surface area (Å²) in [5.74, 6) is -0.373. The average Bonchev–Trinajstić information content (AvgIpc) is 2.98. The van der Waals surface area contributed by atoms with Gasteiger partial charge in [-0.3, -0.25) is 19.4 Å². The molecule has 1 spiro atoms. The first-order valence-electron chi connectivity index (χ1n) is 10.9. The first kappa shape index (κ1) is 20.8. The molecule has 2 aliphatic heterocycles. The SMILES string of the molecule is O=C(CCN1C(=O)NC2(CCCCC2)C1=O)Nc1ccccc1CN1CCOCC1. The molecule has 4 rings (SSSR count). The molecule has 0 radical (unpaired) electrons. The molecule has 1 saturated carbocycles. The number of anilines is 1. The van der Waals surface area contributed by atoms with E-state index in [4.69, 9.17) is 4.74 Å². The van der Waals surface area contributed by atoms with Crippen LogP contribution in [-0.2, 0) is 20.9 Å². The Hall–Kier alpha value is -2.45. The smallest absolute Gasteiger partial charge is 0.325 e. The van der Waals surface area contributed by atoms with Crippen LogP contribution in [0.1, 0.15) is 44.1 Å². The van der Waals surface area contributed by atoms with E-state index >= 15 is 0 Å². The fourth-order valence-electron chi connectivity index (χ4n) is 4.58. The summed E-state index contributed by atoms with van der Waals surface area (Å²) in [5.41, 5.74) is 1.08. The highest BCUT2D eigenvalue weighted by atomic mass is 16.5. The first-order valence-corrected chi connectivity index (χ1v) is 10.9. The lowest BCUT2D eigenvalue weighted by Crippen LogP contribution is -2.48. The Balaban J connectivity index is 1.33. The van der Waals surface area contributed by atoms with Gasteiger partial charge in [-0.25, -0.2) is 4.79 Å². The molecule has 2 heterocycles. The Kier molecular flexibility index (Phi) is 6.34. The van der Waals surface area contributed by atoms with Crippen LogP contribution in [0.5, 0.6) is 0 Å². The normalized spacial score (nSPS) is 21.7. The van der Waals surface area contributed by atoms with Gasteiger partial charge in [0.2, 0.25) is 5.91 Å². The van der Waals surface area contributed by atoms with Gasteiger partial charge in [0.1, 0.15) is 5.54 Å². The number of nitrogens with one attached hydrogen (secondary N) is 2. The Bertz CT molecular complexity index is 800. The highest BCUT2D eigenvalue weighted by molar-refractivity contribution is 6.07. The molecule has 3 fully saturated rings. The quantitative estimate of drug-likeness (QED) is 0.696. The van der Waals surface area contributed by atoms with Crippen molar-refractivity contribution in [3.8, 4) is 0 Å². The summed E-state index contributed by atoms with van der Waals surface area (Å²) in [6.45, 7) is 4.04. The van der Waals surface area contributed by atoms with Crippen molar-refractivity contribution in [1.82, 2.24) is 15.1 Å². The van der Waals surface area contributed by atoms with Gasteiger partial charge >= 0.3 is 6.03 Å². The van der Waals surface area contributed by atoms with Crippen molar-refractivity contribution in [3.05, 3.63) is 29.8 Å². The molecule has 0 unspecified atom stereocenters. The second-order valence-electron chi connectivity index (χ2n) is 8.37. The van der Waals surface area contributed by atoms with Gasteiger partial charge in [0.15, 0.2) is 0 Å². The third-order valence-electron chi connectivity index (χ3n) is 6.30. The molecule has 2 N–H and O–H groups in total. The van der Waals surface area contributed by atoms with Crippen molar-refractivity contribution in [1.29, 1.82) is 0 Å². The molecule has 8 nitrogen and oxygen atoms in total. The highest BCUT2D eigenvalue weighted by Gasteiger charge is 2.51. The van der Waals surface area contributed by atoms with E-state index in [1.54, 1.807) is 0 Å². The average molecular weight is 415 g/mol. The monoisotopic (exact) mass is 414 g/mol. The summed E-state index contributed by atoms with van der Waals surface area (Å²) in [5, 5.41) is 5.85. The van der Waals surface area contributed by atoms with Gasteiger partial charge in [0.05, 0.1) is 13.2 Å². The topological polar surface area (TPSA) is 91.0 Å². The molecule has 162 valence electrons. The van der Waals surface area contributed by atoms with Crippen LogP contribution >= 0.6 is 0 Å². The lowest BCUT2D eigenvalue weighted by molar-refractivity contribution is -0.132. The number of para-hydroxylation sites is 1. The number of nitrogens with zero attached hydrogens (tertiary/aromatic N) is 2. The van der Waals surface area contributed by atoms with Crippen molar-refractivity contribution in [3.63, 3.8) is 0 Å². The zero-order valence-corrected chi connectivity index (χ0v) is 17.3. The molecule has 1 aromatic rings. The molecule has 0 bridgehead atoms. The van der Waals surface area contributed by atoms with E-state index in [0.29, 0.717) is 12.8 Å². The van der Waals surface area contributed by atoms with Gasteiger partial charge < -0.3 is 15.4 Å². The van der Waals surface area contributed by atoms with E-state index in [2.05, 4.69) is 15.5 Å². The van der Waals surface area contributed by atoms with Crippen LogP contribution in [0.4, 0.5) is 10.5 Å². The van der Waals surface area contributed by atoms with Gasteiger partial charge in [-0.1, -0.05) is 37.5 Å². The minimum Gasteiger partial charge on any atom is -0.379 e. The van der Waals surface area contributed by atoms with Crippen LogP contribution in [0.25, 0.3) is 0 Å². The van der Waals surface area contributed by atoms with Crippen molar-refractivity contribution < 1.29 is 19.1 Å². The number of carbonyl (C=O) groups excluding carboxylic acids is 3. The van der Waals surface area contributed by atoms with Crippen LogP contribution in [0.15, 0.2) is 24.3 Å². The van der Waals surface area contributed by atoms with Crippen LogP contribution in [0.2, 0.25) is 0 Å². The largest absolute Gasteiger partial charge is 0.379 e. The number of benzene rings is 1. The summed E-state index contributed by atoms with van der Waals surface area (Å²) >= 11 is 0. The second kappa shape index (κ2) is 9.14. The van der Waals surface area contributed by atoms with E-state index in [9.17, 15) is 14.4 Å². The third-order valence-corrected chi connectivity index (χ3v) is 6.30. The third kappa shape index (κ3) is 4.49. The molecule has 2 saturated heterocycles. The molecule has 1 aliphatic carbocycles. The second-order valence-corrected chi connectivity index (χ2v) is 8.37. The number of morpholine rings is 1. The predicted octanol–water partition coefficient (Wildman–Crippen LogP) is 2.10. The minimum absolute atomic E-state index is 0.0845. The van der Waals surface area contributed by atoms with Gasteiger partial charge in [0.25, 0.3) is 5.91 Å². The summed E-state index contributed by atoms with van der Waals surface area (Å²) in [7, 11) is 0. The van der Waals surface area contributed by atoms with Crippen molar-refractivity contribution in [2.24, 2.45) is 0 Å². The Morgan fingerprint density at radius 1 is 1.10 bits per heavy atom. The van der Waals surface area contributed by atoms with Crippen molar-refractivity contribution in [2.75, 3.05) is 38.2 Å². The number of hydrogen-bond acceptors (Lipinski definition) is 5. The Morgan fingerprint density at radius 3 is 2.60 bits per heavy atom. The highest BCUT2D eigenvalue weighted by Crippen LogP contribution is 2.33. The van der Waals surface area contributed by atoms with E-state index in [1.807, 2.05) is 24.3 Å². The zero-order chi connectivity index (χ0) is 21.0. The molecule has 30 heavy (non-hydrogen) atoms. The van der Waals surface area contributed by atoms with Gasteiger partial charge in [0, 0.05) is 38.3 Å². The van der Waals surface area contributed by atoms with E-state index in [1.165, 1.54) is 4.90 Å². The number of imide groups is 1.